The van der Waals surface area contributed by atoms with E-state index in [4.69, 9.17) is 16.0 Å². The number of benzene rings is 1. The Morgan fingerprint density at radius 2 is 2.15 bits per heavy atom. The first kappa shape index (κ1) is 8.78. The topological polar surface area (TPSA) is 30.2 Å². The van der Waals surface area contributed by atoms with Gasteiger partial charge in [-0.1, -0.05) is 15.9 Å². The first-order valence-corrected chi connectivity index (χ1v) is 4.73. The summed E-state index contributed by atoms with van der Waals surface area (Å²) in [5, 5.41) is 0.283. The van der Waals surface area contributed by atoms with Gasteiger partial charge in [0.1, 0.15) is 5.58 Å². The standard InChI is InChI=1S/C9H4BrClO2/c10-6-1-2-7-5(3-6)4-8(13-7)9(11)12/h1-4H. The van der Waals surface area contributed by atoms with Crippen molar-refractivity contribution in [2.75, 3.05) is 0 Å². The zero-order valence-electron chi connectivity index (χ0n) is 6.38. The van der Waals surface area contributed by atoms with E-state index in [1.807, 2.05) is 12.1 Å². The zero-order chi connectivity index (χ0) is 9.42. The van der Waals surface area contributed by atoms with Crippen LogP contribution in [-0.4, -0.2) is 5.24 Å². The molecule has 0 aliphatic heterocycles. The molecule has 0 unspecified atom stereocenters. The van der Waals surface area contributed by atoms with Crippen molar-refractivity contribution in [2.45, 2.75) is 0 Å². The first-order valence-electron chi connectivity index (χ1n) is 3.56. The van der Waals surface area contributed by atoms with Gasteiger partial charge in [0, 0.05) is 9.86 Å². The average molecular weight is 259 g/mol. The van der Waals surface area contributed by atoms with Crippen molar-refractivity contribution < 1.29 is 9.21 Å². The SMILES string of the molecule is O=C(Cl)c1cc2cc(Br)ccc2o1. The summed E-state index contributed by atoms with van der Waals surface area (Å²) in [6.07, 6.45) is 0. The molecule has 0 fully saturated rings. The summed E-state index contributed by atoms with van der Waals surface area (Å²) in [5.41, 5.74) is 0.659. The summed E-state index contributed by atoms with van der Waals surface area (Å²) < 4.78 is 6.12. The highest BCUT2D eigenvalue weighted by atomic mass is 79.9. The second-order valence-electron chi connectivity index (χ2n) is 2.57. The van der Waals surface area contributed by atoms with E-state index in [1.54, 1.807) is 12.1 Å². The number of fused-ring (bicyclic) bond motifs is 1. The molecule has 0 radical (unpaired) electrons. The Bertz CT molecular complexity index is 475. The van der Waals surface area contributed by atoms with Gasteiger partial charge >= 0.3 is 0 Å². The number of hydrogen-bond donors (Lipinski definition) is 0. The van der Waals surface area contributed by atoms with Crippen molar-refractivity contribution in [2.24, 2.45) is 0 Å². The third-order valence-corrected chi connectivity index (χ3v) is 2.35. The van der Waals surface area contributed by atoms with Gasteiger partial charge < -0.3 is 4.42 Å². The Hall–Kier alpha value is -0.800. The van der Waals surface area contributed by atoms with Crippen LogP contribution in [0.25, 0.3) is 11.0 Å². The van der Waals surface area contributed by atoms with Crippen molar-refractivity contribution >= 4 is 43.7 Å². The maximum Gasteiger partial charge on any atom is 0.287 e. The number of hydrogen-bond acceptors (Lipinski definition) is 2. The van der Waals surface area contributed by atoms with Crippen LogP contribution < -0.4 is 0 Å². The van der Waals surface area contributed by atoms with Crippen LogP contribution in [0.3, 0.4) is 0 Å². The predicted molar refractivity (Wildman–Crippen MR) is 54.1 cm³/mol. The van der Waals surface area contributed by atoms with Crippen molar-refractivity contribution in [1.82, 2.24) is 0 Å². The van der Waals surface area contributed by atoms with E-state index in [2.05, 4.69) is 15.9 Å². The molecule has 0 amide bonds. The molecule has 4 heteroatoms. The minimum absolute atomic E-state index is 0.176. The maximum atomic E-state index is 10.8. The second kappa shape index (κ2) is 3.16. The molecule has 0 saturated heterocycles. The lowest BCUT2D eigenvalue weighted by atomic mass is 10.2. The van der Waals surface area contributed by atoms with Crippen molar-refractivity contribution in [1.29, 1.82) is 0 Å². The number of rotatable bonds is 1. The molecule has 0 aliphatic carbocycles. The molecule has 0 atom stereocenters. The van der Waals surface area contributed by atoms with E-state index in [0.29, 0.717) is 5.58 Å². The molecular weight excluding hydrogens is 255 g/mol. The van der Waals surface area contributed by atoms with Crippen molar-refractivity contribution in [3.8, 4) is 0 Å². The van der Waals surface area contributed by atoms with E-state index >= 15 is 0 Å². The van der Waals surface area contributed by atoms with E-state index in [9.17, 15) is 4.79 Å². The number of furan rings is 1. The van der Waals surface area contributed by atoms with Gasteiger partial charge in [-0.2, -0.15) is 0 Å². The van der Waals surface area contributed by atoms with Crippen LogP contribution in [0.1, 0.15) is 10.6 Å². The second-order valence-corrected chi connectivity index (χ2v) is 3.83. The summed E-state index contributed by atoms with van der Waals surface area (Å²) in [6.45, 7) is 0. The molecule has 0 saturated carbocycles. The molecule has 66 valence electrons. The highest BCUT2D eigenvalue weighted by molar-refractivity contribution is 9.10. The number of halogens is 2. The predicted octanol–water partition coefficient (Wildman–Crippen LogP) is 3.57. The van der Waals surface area contributed by atoms with Crippen LogP contribution in [0.15, 0.2) is 33.2 Å². The molecule has 0 N–H and O–H groups in total. The summed E-state index contributed by atoms with van der Waals surface area (Å²) in [7, 11) is 0. The van der Waals surface area contributed by atoms with E-state index in [1.165, 1.54) is 0 Å². The van der Waals surface area contributed by atoms with E-state index < -0.39 is 5.24 Å². The Morgan fingerprint density at radius 1 is 1.38 bits per heavy atom. The molecule has 2 aromatic rings. The lowest BCUT2D eigenvalue weighted by molar-refractivity contribution is 0.105. The Morgan fingerprint density at radius 3 is 2.85 bits per heavy atom. The number of carbonyl (C=O) groups is 1. The molecule has 0 bridgehead atoms. The minimum Gasteiger partial charge on any atom is -0.452 e. The van der Waals surface area contributed by atoms with Gasteiger partial charge in [0.25, 0.3) is 5.24 Å². The fraction of sp³-hybridized carbons (Fsp3) is 0. The van der Waals surface area contributed by atoms with Crippen molar-refractivity contribution in [3.05, 3.63) is 34.5 Å². The van der Waals surface area contributed by atoms with E-state index in [-0.39, 0.29) is 5.76 Å². The fourth-order valence-electron chi connectivity index (χ4n) is 1.11. The van der Waals surface area contributed by atoms with E-state index in [0.717, 1.165) is 9.86 Å². The van der Waals surface area contributed by atoms with Gasteiger partial charge in [0.05, 0.1) is 0 Å². The summed E-state index contributed by atoms with van der Waals surface area (Å²) in [4.78, 5) is 10.8. The number of carbonyl (C=O) groups excluding carboxylic acids is 1. The summed E-state index contributed by atoms with van der Waals surface area (Å²) in [5.74, 6) is 0.176. The van der Waals surface area contributed by atoms with Gasteiger partial charge in [-0.3, -0.25) is 4.79 Å². The smallest absolute Gasteiger partial charge is 0.287 e. The zero-order valence-corrected chi connectivity index (χ0v) is 8.72. The summed E-state index contributed by atoms with van der Waals surface area (Å²) in [6, 6.07) is 7.11. The Balaban J connectivity index is 2.68. The van der Waals surface area contributed by atoms with Crippen LogP contribution in [0.2, 0.25) is 0 Å². The largest absolute Gasteiger partial charge is 0.452 e. The molecule has 0 aliphatic rings. The third-order valence-electron chi connectivity index (χ3n) is 1.67. The van der Waals surface area contributed by atoms with Crippen LogP contribution in [0, 0.1) is 0 Å². The summed E-state index contributed by atoms with van der Waals surface area (Å²) >= 11 is 8.59. The van der Waals surface area contributed by atoms with Gasteiger partial charge in [-0.05, 0) is 35.9 Å². The maximum absolute atomic E-state index is 10.8. The van der Waals surface area contributed by atoms with Crippen LogP contribution in [-0.2, 0) is 0 Å². The van der Waals surface area contributed by atoms with Gasteiger partial charge in [-0.15, -0.1) is 0 Å². The Kier molecular flexibility index (Phi) is 2.14. The van der Waals surface area contributed by atoms with Gasteiger partial charge in [-0.25, -0.2) is 0 Å². The fourth-order valence-corrected chi connectivity index (χ4v) is 1.58. The Labute approximate surface area is 87.6 Å². The molecule has 1 heterocycles. The average Bonchev–Trinajstić information content (AvgIpc) is 2.46. The minimum atomic E-state index is -0.577. The molecular formula is C9H4BrClO2. The highest BCUT2D eigenvalue weighted by Gasteiger charge is 2.08. The molecule has 1 aromatic heterocycles. The lowest BCUT2D eigenvalue weighted by Crippen LogP contribution is -1.80. The third kappa shape index (κ3) is 1.62. The molecule has 2 rings (SSSR count). The van der Waals surface area contributed by atoms with Gasteiger partial charge in [0.15, 0.2) is 5.76 Å². The lowest BCUT2D eigenvalue weighted by Gasteiger charge is -1.87. The van der Waals surface area contributed by atoms with Gasteiger partial charge in [0.2, 0.25) is 0 Å². The van der Waals surface area contributed by atoms with Crippen LogP contribution in [0.5, 0.6) is 0 Å². The molecule has 1 aromatic carbocycles. The normalized spacial score (nSPS) is 10.6. The monoisotopic (exact) mass is 258 g/mol. The quantitative estimate of drug-likeness (QED) is 0.733. The highest BCUT2D eigenvalue weighted by Crippen LogP contribution is 2.23. The molecule has 2 nitrogen and oxygen atoms in total. The molecule has 13 heavy (non-hydrogen) atoms. The first-order chi connectivity index (χ1) is 6.16. The van der Waals surface area contributed by atoms with Crippen LogP contribution in [0.4, 0.5) is 0 Å². The van der Waals surface area contributed by atoms with Crippen molar-refractivity contribution in [3.63, 3.8) is 0 Å². The molecule has 0 spiro atoms. The van der Waals surface area contributed by atoms with Crippen LogP contribution >= 0.6 is 27.5 Å².